The molecule has 2 amide bonds. The molecule has 1 heterocycles. The molecule has 0 radical (unpaired) electrons. The van der Waals surface area contributed by atoms with Crippen LogP contribution < -0.4 is 10.6 Å². The molecule has 1 aromatic heterocycles. The number of hydrogen-bond donors (Lipinski definition) is 2. The molecular weight excluding hydrogens is 424 g/mol. The third-order valence-electron chi connectivity index (χ3n) is 4.02. The first-order valence-electron chi connectivity index (χ1n) is 9.07. The third kappa shape index (κ3) is 5.49. The van der Waals surface area contributed by atoms with E-state index in [-0.39, 0.29) is 32.6 Å². The van der Waals surface area contributed by atoms with Gasteiger partial charge in [-0.1, -0.05) is 49.4 Å². The summed E-state index contributed by atoms with van der Waals surface area (Å²) in [6.07, 6.45) is 0. The lowest BCUT2D eigenvalue weighted by Gasteiger charge is -2.09. The van der Waals surface area contributed by atoms with E-state index >= 15 is 0 Å². The maximum absolute atomic E-state index is 12.5. The van der Waals surface area contributed by atoms with Gasteiger partial charge in [0.1, 0.15) is 10.8 Å². The average molecular weight is 445 g/mol. The van der Waals surface area contributed by atoms with Gasteiger partial charge in [-0.05, 0) is 30.3 Å². The van der Waals surface area contributed by atoms with Crippen molar-refractivity contribution in [3.8, 4) is 0 Å². The Morgan fingerprint density at radius 3 is 2.43 bits per heavy atom. The summed E-state index contributed by atoms with van der Waals surface area (Å²) >= 11 is 0.993. The molecule has 2 aromatic carbocycles. The van der Waals surface area contributed by atoms with E-state index < -0.39 is 15.7 Å². The molecule has 3 aromatic rings. The van der Waals surface area contributed by atoms with Gasteiger partial charge in [0.15, 0.2) is 9.84 Å². The summed E-state index contributed by atoms with van der Waals surface area (Å²) in [4.78, 5) is 24.5. The fraction of sp³-hybridized carbons (Fsp3) is 0.200. The van der Waals surface area contributed by atoms with Crippen molar-refractivity contribution in [2.45, 2.75) is 24.5 Å². The standard InChI is InChI=1S/C20H20N4O4S2/c1-13(2)18(25)21-15-8-6-7-14(11-15)19(26)22-20-24-23-17(29-20)12-30(27,28)16-9-4-3-5-10-16/h3-11,13H,12H2,1-2H3,(H,21,25)(H,22,24,26). The first-order chi connectivity index (χ1) is 14.2. The highest BCUT2D eigenvalue weighted by molar-refractivity contribution is 7.90. The molecule has 10 heteroatoms. The van der Waals surface area contributed by atoms with Crippen molar-refractivity contribution in [1.29, 1.82) is 0 Å². The SMILES string of the molecule is CC(C)C(=O)Nc1cccc(C(=O)Nc2nnc(CS(=O)(=O)c3ccccc3)s2)c1. The molecule has 30 heavy (non-hydrogen) atoms. The van der Waals surface area contributed by atoms with Crippen LogP contribution in [0.2, 0.25) is 0 Å². The quantitative estimate of drug-likeness (QED) is 0.577. The van der Waals surface area contributed by atoms with Gasteiger partial charge >= 0.3 is 0 Å². The molecule has 0 aliphatic rings. The number of aromatic nitrogens is 2. The van der Waals surface area contributed by atoms with Gasteiger partial charge in [0, 0.05) is 17.2 Å². The Bertz CT molecular complexity index is 1160. The Labute approximate surface area is 178 Å². The number of carbonyl (C=O) groups is 2. The first kappa shape index (κ1) is 21.6. The van der Waals surface area contributed by atoms with E-state index in [2.05, 4.69) is 20.8 Å². The van der Waals surface area contributed by atoms with Gasteiger partial charge < -0.3 is 5.32 Å². The predicted molar refractivity (Wildman–Crippen MR) is 115 cm³/mol. The molecule has 2 N–H and O–H groups in total. The molecule has 0 fully saturated rings. The van der Waals surface area contributed by atoms with E-state index in [1.165, 1.54) is 12.1 Å². The fourth-order valence-corrected chi connectivity index (χ4v) is 4.78. The van der Waals surface area contributed by atoms with Crippen molar-refractivity contribution < 1.29 is 18.0 Å². The van der Waals surface area contributed by atoms with Crippen LogP contribution in [-0.2, 0) is 20.4 Å². The second-order valence-corrected chi connectivity index (χ2v) is 9.80. The number of amides is 2. The summed E-state index contributed by atoms with van der Waals surface area (Å²) in [6, 6.07) is 14.6. The third-order valence-corrected chi connectivity index (χ3v) is 6.69. The molecule has 0 unspecified atom stereocenters. The molecule has 156 valence electrons. The highest BCUT2D eigenvalue weighted by Gasteiger charge is 2.19. The number of hydrogen-bond acceptors (Lipinski definition) is 7. The molecule has 0 aliphatic heterocycles. The van der Waals surface area contributed by atoms with Crippen molar-refractivity contribution in [3.63, 3.8) is 0 Å². The van der Waals surface area contributed by atoms with Gasteiger partial charge in [-0.15, -0.1) is 10.2 Å². The Kier molecular flexibility index (Phi) is 6.58. The van der Waals surface area contributed by atoms with Crippen LogP contribution in [0.5, 0.6) is 0 Å². The van der Waals surface area contributed by atoms with E-state index in [0.717, 1.165) is 11.3 Å². The lowest BCUT2D eigenvalue weighted by molar-refractivity contribution is -0.118. The Morgan fingerprint density at radius 1 is 1.00 bits per heavy atom. The van der Waals surface area contributed by atoms with Crippen molar-refractivity contribution in [2.75, 3.05) is 10.6 Å². The molecule has 3 rings (SSSR count). The highest BCUT2D eigenvalue weighted by Crippen LogP contribution is 2.22. The monoisotopic (exact) mass is 444 g/mol. The zero-order valence-corrected chi connectivity index (χ0v) is 18.0. The molecule has 0 atom stereocenters. The number of nitrogens with zero attached hydrogens (tertiary/aromatic N) is 2. The minimum Gasteiger partial charge on any atom is -0.326 e. The van der Waals surface area contributed by atoms with Crippen molar-refractivity contribution in [3.05, 3.63) is 65.2 Å². The normalized spacial score (nSPS) is 11.3. The van der Waals surface area contributed by atoms with Gasteiger partial charge in [0.05, 0.1) is 4.90 Å². The first-order valence-corrected chi connectivity index (χ1v) is 11.5. The molecule has 0 bridgehead atoms. The number of rotatable bonds is 7. The lowest BCUT2D eigenvalue weighted by atomic mass is 10.1. The molecule has 0 saturated heterocycles. The van der Waals surface area contributed by atoms with Gasteiger partial charge in [-0.25, -0.2) is 8.42 Å². The van der Waals surface area contributed by atoms with Crippen LogP contribution in [0.1, 0.15) is 29.2 Å². The number of nitrogens with one attached hydrogen (secondary N) is 2. The number of anilines is 2. The van der Waals surface area contributed by atoms with Crippen molar-refractivity contribution in [2.24, 2.45) is 5.92 Å². The van der Waals surface area contributed by atoms with E-state index in [0.29, 0.717) is 11.3 Å². The summed E-state index contributed by atoms with van der Waals surface area (Å²) in [5, 5.41) is 13.5. The van der Waals surface area contributed by atoms with Crippen LogP contribution in [0, 0.1) is 5.92 Å². The summed E-state index contributed by atoms with van der Waals surface area (Å²) in [5.74, 6) is -1.08. The summed E-state index contributed by atoms with van der Waals surface area (Å²) in [7, 11) is -3.55. The van der Waals surface area contributed by atoms with E-state index in [4.69, 9.17) is 0 Å². The van der Waals surface area contributed by atoms with Gasteiger partial charge in [0.2, 0.25) is 11.0 Å². The largest absolute Gasteiger partial charge is 0.326 e. The van der Waals surface area contributed by atoms with Gasteiger partial charge in [-0.2, -0.15) is 0 Å². The van der Waals surface area contributed by atoms with E-state index in [9.17, 15) is 18.0 Å². The smallest absolute Gasteiger partial charge is 0.257 e. The summed E-state index contributed by atoms with van der Waals surface area (Å²) < 4.78 is 24.9. The zero-order chi connectivity index (χ0) is 21.7. The van der Waals surface area contributed by atoms with E-state index in [1.54, 1.807) is 56.3 Å². The van der Waals surface area contributed by atoms with Crippen LogP contribution in [0.4, 0.5) is 10.8 Å². The Morgan fingerprint density at radius 2 is 1.73 bits per heavy atom. The lowest BCUT2D eigenvalue weighted by Crippen LogP contribution is -2.18. The summed E-state index contributed by atoms with van der Waals surface area (Å²) in [5.41, 5.74) is 0.832. The highest BCUT2D eigenvalue weighted by atomic mass is 32.2. The maximum atomic E-state index is 12.5. The molecule has 0 saturated carbocycles. The fourth-order valence-electron chi connectivity index (χ4n) is 2.43. The topological polar surface area (TPSA) is 118 Å². The van der Waals surface area contributed by atoms with Gasteiger partial charge in [-0.3, -0.25) is 14.9 Å². The molecule has 8 nitrogen and oxygen atoms in total. The number of carbonyl (C=O) groups excluding carboxylic acids is 2. The van der Waals surface area contributed by atoms with E-state index in [1.807, 2.05) is 0 Å². The van der Waals surface area contributed by atoms with Crippen LogP contribution >= 0.6 is 11.3 Å². The number of sulfone groups is 1. The average Bonchev–Trinajstić information content (AvgIpc) is 3.14. The minimum absolute atomic E-state index is 0.152. The molecular formula is C20H20N4O4S2. The number of benzene rings is 2. The van der Waals surface area contributed by atoms with Crippen LogP contribution in [-0.4, -0.2) is 30.4 Å². The second kappa shape index (κ2) is 9.14. The summed E-state index contributed by atoms with van der Waals surface area (Å²) in [6.45, 7) is 3.55. The second-order valence-electron chi connectivity index (χ2n) is 6.75. The minimum atomic E-state index is -3.55. The predicted octanol–water partition coefficient (Wildman–Crippen LogP) is 3.36. The van der Waals surface area contributed by atoms with Gasteiger partial charge in [0.25, 0.3) is 5.91 Å². The van der Waals surface area contributed by atoms with Crippen LogP contribution in [0.15, 0.2) is 59.5 Å². The van der Waals surface area contributed by atoms with Crippen LogP contribution in [0.25, 0.3) is 0 Å². The Hall–Kier alpha value is -3.11. The zero-order valence-electron chi connectivity index (χ0n) is 16.3. The maximum Gasteiger partial charge on any atom is 0.257 e. The molecule has 0 spiro atoms. The molecule has 0 aliphatic carbocycles. The van der Waals surface area contributed by atoms with Crippen LogP contribution in [0.3, 0.4) is 0 Å². The Balaban J connectivity index is 1.67. The van der Waals surface area contributed by atoms with Crippen molar-refractivity contribution in [1.82, 2.24) is 10.2 Å². The van der Waals surface area contributed by atoms with Crippen molar-refractivity contribution >= 4 is 43.8 Å².